The predicted octanol–water partition coefficient (Wildman–Crippen LogP) is 4.81. The lowest BCUT2D eigenvalue weighted by Gasteiger charge is -2.10. The predicted molar refractivity (Wildman–Crippen MR) is 125 cm³/mol. The summed E-state index contributed by atoms with van der Waals surface area (Å²) in [6, 6.07) is 9.92. The van der Waals surface area contributed by atoms with E-state index in [2.05, 4.69) is 20.5 Å². The van der Waals surface area contributed by atoms with Gasteiger partial charge in [-0.3, -0.25) is 19.5 Å². The third-order valence-electron chi connectivity index (χ3n) is 4.59. The zero-order valence-corrected chi connectivity index (χ0v) is 19.4. The number of non-ortho nitro benzene ring substituents is 1. The topological polar surface area (TPSA) is 129 Å². The SMILES string of the molecule is CC(C)c1nnc(SCC(=O)Nc2nc(-c3cccc([N+](=O)[O-])c3)cs2)n1Cc1ccco1. The van der Waals surface area contributed by atoms with Crippen LogP contribution in [-0.2, 0) is 11.3 Å². The van der Waals surface area contributed by atoms with E-state index in [4.69, 9.17) is 4.42 Å². The van der Waals surface area contributed by atoms with Crippen molar-refractivity contribution in [1.29, 1.82) is 0 Å². The molecule has 0 fully saturated rings. The first-order valence-electron chi connectivity index (χ1n) is 9.99. The van der Waals surface area contributed by atoms with Crippen LogP contribution in [0.1, 0.15) is 31.4 Å². The van der Waals surface area contributed by atoms with Crippen LogP contribution in [0.25, 0.3) is 11.3 Å². The second-order valence-electron chi connectivity index (χ2n) is 7.34. The Bertz CT molecular complexity index is 1270. The zero-order valence-electron chi connectivity index (χ0n) is 17.8. The van der Waals surface area contributed by atoms with Crippen LogP contribution in [0.5, 0.6) is 0 Å². The van der Waals surface area contributed by atoms with Crippen LogP contribution in [0, 0.1) is 10.1 Å². The number of carbonyl (C=O) groups excluding carboxylic acids is 1. The second kappa shape index (κ2) is 9.96. The fourth-order valence-electron chi connectivity index (χ4n) is 3.07. The molecule has 0 radical (unpaired) electrons. The maximum absolute atomic E-state index is 12.5. The summed E-state index contributed by atoms with van der Waals surface area (Å²) in [5, 5.41) is 25.1. The molecular formula is C21H20N6O4S2. The minimum Gasteiger partial charge on any atom is -0.467 e. The van der Waals surface area contributed by atoms with Gasteiger partial charge < -0.3 is 9.73 Å². The Balaban J connectivity index is 1.40. The van der Waals surface area contributed by atoms with Crippen molar-refractivity contribution in [3.8, 4) is 11.3 Å². The van der Waals surface area contributed by atoms with Gasteiger partial charge in [0.15, 0.2) is 10.3 Å². The van der Waals surface area contributed by atoms with Gasteiger partial charge >= 0.3 is 0 Å². The fraction of sp³-hybridized carbons (Fsp3) is 0.238. The van der Waals surface area contributed by atoms with Crippen LogP contribution in [0.15, 0.2) is 57.6 Å². The minimum atomic E-state index is -0.453. The van der Waals surface area contributed by atoms with Gasteiger partial charge in [0.1, 0.15) is 11.6 Å². The summed E-state index contributed by atoms with van der Waals surface area (Å²) in [5.41, 5.74) is 1.16. The molecule has 3 heterocycles. The van der Waals surface area contributed by atoms with Crippen molar-refractivity contribution in [1.82, 2.24) is 19.7 Å². The van der Waals surface area contributed by atoms with E-state index >= 15 is 0 Å². The van der Waals surface area contributed by atoms with E-state index in [0.717, 1.165) is 11.6 Å². The lowest BCUT2D eigenvalue weighted by atomic mass is 10.1. The van der Waals surface area contributed by atoms with Crippen LogP contribution in [0.4, 0.5) is 10.8 Å². The van der Waals surface area contributed by atoms with E-state index in [1.165, 1.54) is 35.2 Å². The standard InChI is InChI=1S/C21H20N6O4S2/c1-13(2)19-24-25-21(26(19)10-16-7-4-8-31-16)33-12-18(28)23-20-22-17(11-32-20)14-5-3-6-15(9-14)27(29)30/h3-9,11,13H,10,12H2,1-2H3,(H,22,23,28). The molecule has 0 bridgehead atoms. The Morgan fingerprint density at radius 1 is 1.30 bits per heavy atom. The smallest absolute Gasteiger partial charge is 0.270 e. The lowest BCUT2D eigenvalue weighted by molar-refractivity contribution is -0.384. The number of benzene rings is 1. The van der Waals surface area contributed by atoms with Gasteiger partial charge in [-0.05, 0) is 12.1 Å². The average molecular weight is 485 g/mol. The number of nitrogens with zero attached hydrogens (tertiary/aromatic N) is 5. The van der Waals surface area contributed by atoms with Gasteiger partial charge in [0.25, 0.3) is 5.69 Å². The van der Waals surface area contributed by atoms with Gasteiger partial charge in [-0.15, -0.1) is 21.5 Å². The van der Waals surface area contributed by atoms with Gasteiger partial charge in [-0.1, -0.05) is 37.7 Å². The van der Waals surface area contributed by atoms with Crippen LogP contribution in [-0.4, -0.2) is 36.3 Å². The van der Waals surface area contributed by atoms with Crippen molar-refractivity contribution >= 4 is 39.8 Å². The molecule has 170 valence electrons. The Morgan fingerprint density at radius 3 is 2.88 bits per heavy atom. The first kappa shape index (κ1) is 22.7. The molecule has 0 aliphatic heterocycles. The summed E-state index contributed by atoms with van der Waals surface area (Å²) in [4.78, 5) is 27.4. The minimum absolute atomic E-state index is 0.0121. The first-order valence-corrected chi connectivity index (χ1v) is 11.9. The molecule has 12 heteroatoms. The van der Waals surface area contributed by atoms with Gasteiger partial charge in [0.05, 0.1) is 29.2 Å². The van der Waals surface area contributed by atoms with Crippen molar-refractivity contribution in [3.05, 3.63) is 69.7 Å². The Hall–Kier alpha value is -3.51. The van der Waals surface area contributed by atoms with Crippen LogP contribution >= 0.6 is 23.1 Å². The number of rotatable bonds is 9. The summed E-state index contributed by atoms with van der Waals surface area (Å²) < 4.78 is 7.40. The fourth-order valence-corrected chi connectivity index (χ4v) is 4.55. The number of hydrogen-bond acceptors (Lipinski definition) is 9. The molecule has 0 aliphatic rings. The number of nitro groups is 1. The van der Waals surface area contributed by atoms with E-state index < -0.39 is 4.92 Å². The van der Waals surface area contributed by atoms with Crippen molar-refractivity contribution in [2.24, 2.45) is 0 Å². The second-order valence-corrected chi connectivity index (χ2v) is 9.14. The number of aromatic nitrogens is 4. The molecule has 0 unspecified atom stereocenters. The lowest BCUT2D eigenvalue weighted by Crippen LogP contribution is -2.15. The van der Waals surface area contributed by atoms with E-state index in [-0.39, 0.29) is 23.3 Å². The van der Waals surface area contributed by atoms with Gasteiger partial charge in [-0.2, -0.15) is 0 Å². The van der Waals surface area contributed by atoms with Crippen molar-refractivity contribution in [2.45, 2.75) is 31.5 Å². The highest BCUT2D eigenvalue weighted by molar-refractivity contribution is 7.99. The molecule has 0 atom stereocenters. The van der Waals surface area contributed by atoms with Gasteiger partial charge in [-0.25, -0.2) is 4.98 Å². The molecule has 1 amide bonds. The molecular weight excluding hydrogens is 464 g/mol. The number of thioether (sulfide) groups is 1. The summed E-state index contributed by atoms with van der Waals surface area (Å²) in [5.74, 6) is 1.65. The molecule has 33 heavy (non-hydrogen) atoms. The molecule has 1 N–H and O–H groups in total. The molecule has 4 rings (SSSR count). The number of amides is 1. The highest BCUT2D eigenvalue weighted by atomic mass is 32.2. The molecule has 3 aromatic heterocycles. The molecule has 1 aromatic carbocycles. The third kappa shape index (κ3) is 5.46. The maximum Gasteiger partial charge on any atom is 0.270 e. The summed E-state index contributed by atoms with van der Waals surface area (Å²) >= 11 is 2.54. The average Bonchev–Trinajstić information content (AvgIpc) is 3.54. The zero-order chi connectivity index (χ0) is 23.4. The van der Waals surface area contributed by atoms with Gasteiger partial charge in [0, 0.05) is 29.0 Å². The highest BCUT2D eigenvalue weighted by Gasteiger charge is 2.18. The normalized spacial score (nSPS) is 11.1. The summed E-state index contributed by atoms with van der Waals surface area (Å²) in [7, 11) is 0. The van der Waals surface area contributed by atoms with Crippen molar-refractivity contribution in [3.63, 3.8) is 0 Å². The third-order valence-corrected chi connectivity index (χ3v) is 6.32. The summed E-state index contributed by atoms with van der Waals surface area (Å²) in [6.07, 6.45) is 1.62. The molecule has 0 saturated heterocycles. The monoisotopic (exact) mass is 484 g/mol. The number of furan rings is 1. The molecule has 0 saturated carbocycles. The van der Waals surface area contributed by atoms with E-state index in [9.17, 15) is 14.9 Å². The van der Waals surface area contributed by atoms with E-state index in [1.54, 1.807) is 23.8 Å². The number of carbonyl (C=O) groups is 1. The van der Waals surface area contributed by atoms with E-state index in [0.29, 0.717) is 28.1 Å². The first-order chi connectivity index (χ1) is 15.9. The molecule has 0 spiro atoms. The number of hydrogen-bond donors (Lipinski definition) is 1. The van der Waals surface area contributed by atoms with E-state index in [1.807, 2.05) is 30.5 Å². The van der Waals surface area contributed by atoms with Crippen molar-refractivity contribution in [2.75, 3.05) is 11.1 Å². The van der Waals surface area contributed by atoms with Gasteiger partial charge in [0.2, 0.25) is 5.91 Å². The van der Waals surface area contributed by atoms with Crippen LogP contribution < -0.4 is 5.32 Å². The van der Waals surface area contributed by atoms with Crippen LogP contribution in [0.2, 0.25) is 0 Å². The summed E-state index contributed by atoms with van der Waals surface area (Å²) in [6.45, 7) is 4.55. The number of nitrogens with one attached hydrogen (secondary N) is 1. The molecule has 4 aromatic rings. The number of anilines is 1. The number of thiazole rings is 1. The largest absolute Gasteiger partial charge is 0.467 e. The Labute approximate surface area is 197 Å². The Kier molecular flexibility index (Phi) is 6.84. The van der Waals surface area contributed by atoms with Crippen molar-refractivity contribution < 1.29 is 14.1 Å². The quantitative estimate of drug-likeness (QED) is 0.204. The maximum atomic E-state index is 12.5. The van der Waals surface area contributed by atoms with Crippen LogP contribution in [0.3, 0.4) is 0 Å². The molecule has 0 aliphatic carbocycles. The Morgan fingerprint density at radius 2 is 2.15 bits per heavy atom. The molecule has 10 nitrogen and oxygen atoms in total. The highest BCUT2D eigenvalue weighted by Crippen LogP contribution is 2.28. The number of nitro benzene ring substituents is 1.